The van der Waals surface area contributed by atoms with Gasteiger partial charge in [0, 0.05) is 0 Å². The van der Waals surface area contributed by atoms with Crippen LogP contribution in [0.4, 0.5) is 0 Å². The van der Waals surface area contributed by atoms with Crippen LogP contribution in [-0.4, -0.2) is 30.7 Å². The summed E-state index contributed by atoms with van der Waals surface area (Å²) in [5.41, 5.74) is 0. The van der Waals surface area contributed by atoms with Gasteiger partial charge in [-0.05, 0) is 0 Å². The molecule has 4 bridgehead atoms. The molecule has 320 valence electrons. The second kappa shape index (κ2) is 32.2. The fraction of sp³-hybridized carbons (Fsp3) is 0.923. The van der Waals surface area contributed by atoms with Gasteiger partial charge < -0.3 is 0 Å². The van der Waals surface area contributed by atoms with Crippen LogP contribution in [0.15, 0.2) is 12.1 Å². The van der Waals surface area contributed by atoms with Crippen LogP contribution in [0.2, 0.25) is 36.3 Å². The molecule has 0 atom stereocenters. The molecule has 0 aliphatic carbocycles. The monoisotopic (exact) mass is 859 g/mol. The van der Waals surface area contributed by atoms with Crippen LogP contribution in [-0.2, 0) is 0 Å². The normalized spacial score (nSPS) is 29.0. The molecular weight excluding hydrogens is 760 g/mol. The molecule has 55 heavy (non-hydrogen) atoms. The van der Waals surface area contributed by atoms with E-state index in [0.29, 0.717) is 14.5 Å². The molecule has 0 amide bonds. The van der Waals surface area contributed by atoms with Crippen LogP contribution in [0.3, 0.4) is 0 Å². The Kier molecular flexibility index (Phi) is 28.2. The predicted octanol–water partition coefficient (Wildman–Crippen LogP) is 17.5. The van der Waals surface area contributed by atoms with E-state index in [1.807, 2.05) is 0 Å². The van der Waals surface area contributed by atoms with Gasteiger partial charge in [-0.25, -0.2) is 0 Å². The van der Waals surface area contributed by atoms with Gasteiger partial charge in [-0.2, -0.15) is 0 Å². The van der Waals surface area contributed by atoms with Crippen molar-refractivity contribution >= 4 is 38.8 Å². The first-order chi connectivity index (χ1) is 27.3. The van der Waals surface area contributed by atoms with E-state index in [1.54, 1.807) is 74.8 Å². The zero-order valence-corrected chi connectivity index (χ0v) is 41.2. The van der Waals surface area contributed by atoms with Gasteiger partial charge in [0.15, 0.2) is 0 Å². The van der Waals surface area contributed by atoms with E-state index in [2.05, 4.69) is 20.3 Å². The third kappa shape index (κ3) is 21.0. The Balaban J connectivity index is 1.65. The van der Waals surface area contributed by atoms with Crippen molar-refractivity contribution in [2.75, 3.05) is 0 Å². The SMILES string of the molecule is c1cc2[se]c1[Si]13CCCCCCCCCCCCCCCC[Si]2(CCCCCCCCCCCCCCCC1)CCCCCCCCCCCCCCCC3. The molecule has 1 aromatic heterocycles. The topological polar surface area (TPSA) is 0 Å². The van der Waals surface area contributed by atoms with E-state index in [4.69, 9.17) is 0 Å². The van der Waals surface area contributed by atoms with Crippen molar-refractivity contribution in [1.29, 1.82) is 0 Å². The van der Waals surface area contributed by atoms with Gasteiger partial charge in [-0.15, -0.1) is 0 Å². The van der Waals surface area contributed by atoms with Crippen LogP contribution in [0.25, 0.3) is 0 Å². The molecule has 0 N–H and O–H groups in total. The Morgan fingerprint density at radius 2 is 0.327 bits per heavy atom. The van der Waals surface area contributed by atoms with Crippen molar-refractivity contribution in [1.82, 2.24) is 0 Å². The molecule has 1 aromatic rings. The van der Waals surface area contributed by atoms with Crippen LogP contribution < -0.4 is 8.12 Å². The Labute approximate surface area is 354 Å². The van der Waals surface area contributed by atoms with Crippen LogP contribution in [0, 0.1) is 0 Å². The zero-order valence-electron chi connectivity index (χ0n) is 37.5. The Hall–Kier alpha value is 0.433. The van der Waals surface area contributed by atoms with Crippen molar-refractivity contribution in [3.05, 3.63) is 12.1 Å². The van der Waals surface area contributed by atoms with Gasteiger partial charge in [-0.1, -0.05) is 0 Å². The molecule has 3 heteroatoms. The molecule has 0 aromatic carbocycles. The molecule has 0 nitrogen and oxygen atoms in total. The van der Waals surface area contributed by atoms with E-state index in [0.717, 1.165) is 0 Å². The summed E-state index contributed by atoms with van der Waals surface area (Å²) in [5, 5.41) is 0. The van der Waals surface area contributed by atoms with E-state index in [9.17, 15) is 0 Å². The summed E-state index contributed by atoms with van der Waals surface area (Å²) in [5.74, 6) is 0. The predicted molar refractivity (Wildman–Crippen MR) is 257 cm³/mol. The van der Waals surface area contributed by atoms with Gasteiger partial charge in [0.2, 0.25) is 0 Å². The molecule has 4 rings (SSSR count). The summed E-state index contributed by atoms with van der Waals surface area (Å²) in [7, 11) is -2.95. The molecule has 0 fully saturated rings. The van der Waals surface area contributed by atoms with Gasteiger partial charge in [0.1, 0.15) is 0 Å². The maximum absolute atomic E-state index is 2.94. The van der Waals surface area contributed by atoms with Gasteiger partial charge in [-0.3, -0.25) is 0 Å². The molecule has 3 aliphatic rings. The Morgan fingerprint density at radius 3 is 0.473 bits per heavy atom. The summed E-state index contributed by atoms with van der Waals surface area (Å²) in [6, 6.07) is 15.9. The first-order valence-electron chi connectivity index (χ1n) is 26.4. The standard InChI is InChI=1S/C52H98SeSi2/c1-2-8-14-20-26-32-38-46-55-49-41-35-29-23-17-11-5-3-9-15-21-27-33-39-47-54(51-43-44-52(55)53-51,45-37-31-25-19-13-7-1)48-40-34-28-22-16-10-4-6-12-18-24-30-36-42-50-55/h43-44H,1-42,45-50H2. The zero-order chi connectivity index (χ0) is 38.2. The van der Waals surface area contributed by atoms with Crippen molar-refractivity contribution in [3.8, 4) is 0 Å². The van der Waals surface area contributed by atoms with Crippen molar-refractivity contribution in [2.45, 2.75) is 306 Å². The minimum atomic E-state index is -1.47. The fourth-order valence-corrected chi connectivity index (χ4v) is 30.7. The van der Waals surface area contributed by atoms with Gasteiger partial charge in [0.05, 0.1) is 0 Å². The molecule has 0 saturated carbocycles. The molecular formula is C52H98SeSi2. The number of hydrogen-bond donors (Lipinski definition) is 0. The summed E-state index contributed by atoms with van der Waals surface area (Å²) < 4.78 is 4.35. The van der Waals surface area contributed by atoms with E-state index in [-0.39, 0.29) is 0 Å². The van der Waals surface area contributed by atoms with E-state index >= 15 is 0 Å². The quantitative estimate of drug-likeness (QED) is 0.228. The minimum absolute atomic E-state index is 0.703. The van der Waals surface area contributed by atoms with Crippen molar-refractivity contribution in [2.24, 2.45) is 0 Å². The van der Waals surface area contributed by atoms with Crippen molar-refractivity contribution in [3.63, 3.8) is 0 Å². The van der Waals surface area contributed by atoms with Crippen LogP contribution in [0.5, 0.6) is 0 Å². The second-order valence-corrected chi connectivity index (χ2v) is 33.2. The third-order valence-corrected chi connectivity index (χ3v) is 33.6. The number of rotatable bonds is 0. The van der Waals surface area contributed by atoms with E-state index < -0.39 is 16.1 Å². The van der Waals surface area contributed by atoms with Crippen molar-refractivity contribution < 1.29 is 0 Å². The summed E-state index contributed by atoms with van der Waals surface area (Å²) in [4.78, 5) is 0. The first kappa shape index (κ1) is 48.1. The van der Waals surface area contributed by atoms with E-state index in [1.165, 1.54) is 231 Å². The number of hydrogen-bond acceptors (Lipinski definition) is 0. The summed E-state index contributed by atoms with van der Waals surface area (Å²) >= 11 is 0.703. The third-order valence-electron chi connectivity index (χ3n) is 15.3. The van der Waals surface area contributed by atoms with Gasteiger partial charge >= 0.3 is 357 Å². The molecule has 0 spiro atoms. The average molecular weight is 858 g/mol. The second-order valence-electron chi connectivity index (χ2n) is 20.1. The van der Waals surface area contributed by atoms with Gasteiger partial charge in [0.25, 0.3) is 0 Å². The Bertz CT molecular complexity index is 832. The molecule has 0 saturated heterocycles. The summed E-state index contributed by atoms with van der Waals surface area (Å²) in [6.07, 6.45) is 64.0. The molecule has 3 aliphatic heterocycles. The van der Waals surface area contributed by atoms with Crippen LogP contribution in [0.1, 0.15) is 270 Å². The molecule has 0 radical (unpaired) electrons. The fourth-order valence-electron chi connectivity index (χ4n) is 11.5. The maximum atomic E-state index is 2.94. The summed E-state index contributed by atoms with van der Waals surface area (Å²) in [6.45, 7) is 0. The average Bonchev–Trinajstić information content (AvgIpc) is 3.70. The molecule has 0 unspecified atom stereocenters. The van der Waals surface area contributed by atoms with Crippen LogP contribution >= 0.6 is 0 Å². The molecule has 4 heterocycles. The Morgan fingerprint density at radius 1 is 0.200 bits per heavy atom. The first-order valence-corrected chi connectivity index (χ1v) is 33.4.